The van der Waals surface area contributed by atoms with Crippen LogP contribution in [0.2, 0.25) is 0 Å². The Balaban J connectivity index is 2.39. The molecule has 0 spiro atoms. The molecule has 96 valence electrons. The SMILES string of the molecule is CC(=O)N(C(=O)c1ccncc1)c1ccc(N)cc1. The summed E-state index contributed by atoms with van der Waals surface area (Å²) >= 11 is 0. The average Bonchev–Trinajstić information content (AvgIpc) is 2.42. The summed E-state index contributed by atoms with van der Waals surface area (Å²) < 4.78 is 0. The number of benzene rings is 1. The van der Waals surface area contributed by atoms with Crippen LogP contribution in [0.25, 0.3) is 0 Å². The monoisotopic (exact) mass is 255 g/mol. The number of nitrogens with two attached hydrogens (primary N) is 1. The van der Waals surface area contributed by atoms with E-state index < -0.39 is 0 Å². The minimum atomic E-state index is -0.389. The summed E-state index contributed by atoms with van der Waals surface area (Å²) in [6.45, 7) is 1.34. The number of nitrogens with zero attached hydrogens (tertiary/aromatic N) is 2. The highest BCUT2D eigenvalue weighted by Gasteiger charge is 2.21. The lowest BCUT2D eigenvalue weighted by atomic mass is 10.2. The van der Waals surface area contributed by atoms with E-state index in [0.717, 1.165) is 4.90 Å². The van der Waals surface area contributed by atoms with Crippen molar-refractivity contribution in [3.63, 3.8) is 0 Å². The zero-order valence-corrected chi connectivity index (χ0v) is 10.4. The molecule has 1 aromatic heterocycles. The van der Waals surface area contributed by atoms with Crippen LogP contribution in [-0.4, -0.2) is 16.8 Å². The molecular weight excluding hydrogens is 242 g/mol. The van der Waals surface area contributed by atoms with E-state index in [1.54, 1.807) is 36.4 Å². The van der Waals surface area contributed by atoms with Gasteiger partial charge in [0.1, 0.15) is 0 Å². The molecule has 2 aromatic rings. The molecule has 0 fully saturated rings. The topological polar surface area (TPSA) is 76.3 Å². The number of carbonyl (C=O) groups is 2. The van der Waals surface area contributed by atoms with Crippen LogP contribution in [0.15, 0.2) is 48.8 Å². The third-order valence-corrected chi connectivity index (χ3v) is 2.60. The van der Waals surface area contributed by atoms with Crippen molar-refractivity contribution in [1.82, 2.24) is 4.98 Å². The summed E-state index contributed by atoms with van der Waals surface area (Å²) in [4.78, 5) is 29.0. The molecule has 0 bridgehead atoms. The molecule has 19 heavy (non-hydrogen) atoms. The zero-order valence-electron chi connectivity index (χ0n) is 10.4. The minimum absolute atomic E-state index is 0.355. The van der Waals surface area contributed by atoms with Gasteiger partial charge in [0.25, 0.3) is 5.91 Å². The predicted molar refractivity (Wildman–Crippen MR) is 72.6 cm³/mol. The van der Waals surface area contributed by atoms with E-state index >= 15 is 0 Å². The highest BCUT2D eigenvalue weighted by Crippen LogP contribution is 2.19. The van der Waals surface area contributed by atoms with Gasteiger partial charge in [-0.2, -0.15) is 0 Å². The second-order valence-corrected chi connectivity index (χ2v) is 3.99. The molecule has 0 saturated carbocycles. The zero-order chi connectivity index (χ0) is 13.8. The van der Waals surface area contributed by atoms with Gasteiger partial charge >= 0.3 is 0 Å². The highest BCUT2D eigenvalue weighted by molar-refractivity contribution is 6.20. The molecular formula is C14H13N3O2. The Morgan fingerprint density at radius 1 is 1.05 bits per heavy atom. The van der Waals surface area contributed by atoms with E-state index in [-0.39, 0.29) is 11.8 Å². The highest BCUT2D eigenvalue weighted by atomic mass is 16.2. The Bertz CT molecular complexity index is 594. The molecule has 0 aliphatic rings. The van der Waals surface area contributed by atoms with E-state index in [1.165, 1.54) is 19.3 Å². The summed E-state index contributed by atoms with van der Waals surface area (Å²) in [5.74, 6) is -0.744. The van der Waals surface area contributed by atoms with Gasteiger partial charge in [-0.3, -0.25) is 14.6 Å². The van der Waals surface area contributed by atoms with Crippen molar-refractivity contribution in [1.29, 1.82) is 0 Å². The van der Waals surface area contributed by atoms with Crippen LogP contribution in [0.4, 0.5) is 11.4 Å². The fourth-order valence-electron chi connectivity index (χ4n) is 1.69. The van der Waals surface area contributed by atoms with Crippen molar-refractivity contribution in [2.45, 2.75) is 6.92 Å². The Hall–Kier alpha value is -2.69. The van der Waals surface area contributed by atoms with Crippen LogP contribution in [0.5, 0.6) is 0 Å². The summed E-state index contributed by atoms with van der Waals surface area (Å²) in [5, 5.41) is 0. The predicted octanol–water partition coefficient (Wildman–Crippen LogP) is 1.86. The second kappa shape index (κ2) is 5.30. The lowest BCUT2D eigenvalue weighted by Crippen LogP contribution is -2.35. The average molecular weight is 255 g/mol. The molecule has 5 heteroatoms. The number of anilines is 2. The fraction of sp³-hybridized carbons (Fsp3) is 0.0714. The number of carbonyl (C=O) groups excluding carboxylic acids is 2. The molecule has 0 aliphatic heterocycles. The maximum atomic E-state index is 12.3. The van der Waals surface area contributed by atoms with Crippen molar-refractivity contribution in [2.75, 3.05) is 10.6 Å². The normalized spacial score (nSPS) is 9.95. The third-order valence-electron chi connectivity index (χ3n) is 2.60. The number of hydrogen-bond acceptors (Lipinski definition) is 4. The Morgan fingerprint density at radius 2 is 1.63 bits per heavy atom. The standard InChI is InChI=1S/C14H13N3O2/c1-10(18)17(13-4-2-12(15)3-5-13)14(19)11-6-8-16-9-7-11/h2-9H,15H2,1H3. The van der Waals surface area contributed by atoms with Crippen LogP contribution in [-0.2, 0) is 4.79 Å². The quantitative estimate of drug-likeness (QED) is 0.831. The number of imide groups is 1. The van der Waals surface area contributed by atoms with E-state index in [9.17, 15) is 9.59 Å². The van der Waals surface area contributed by atoms with Crippen LogP contribution >= 0.6 is 0 Å². The first-order valence-electron chi connectivity index (χ1n) is 5.70. The molecule has 2 amide bonds. The molecule has 0 atom stereocenters. The molecule has 2 N–H and O–H groups in total. The molecule has 0 radical (unpaired) electrons. The number of nitrogen functional groups attached to an aromatic ring is 1. The van der Waals surface area contributed by atoms with E-state index in [4.69, 9.17) is 5.73 Å². The summed E-state index contributed by atoms with van der Waals surface area (Å²) in [6, 6.07) is 9.69. The third kappa shape index (κ3) is 2.77. The van der Waals surface area contributed by atoms with Gasteiger partial charge in [0, 0.05) is 30.6 Å². The van der Waals surface area contributed by atoms with Crippen molar-refractivity contribution >= 4 is 23.2 Å². The maximum Gasteiger partial charge on any atom is 0.265 e. The smallest absolute Gasteiger partial charge is 0.265 e. The first-order chi connectivity index (χ1) is 9.09. The van der Waals surface area contributed by atoms with Crippen molar-refractivity contribution in [2.24, 2.45) is 0 Å². The van der Waals surface area contributed by atoms with Crippen LogP contribution in [0.1, 0.15) is 17.3 Å². The number of hydrogen-bond donors (Lipinski definition) is 1. The molecule has 1 aromatic carbocycles. The van der Waals surface area contributed by atoms with Gasteiger partial charge in [-0.25, -0.2) is 4.90 Å². The molecule has 0 saturated heterocycles. The van der Waals surface area contributed by atoms with E-state index in [2.05, 4.69) is 4.98 Å². The largest absolute Gasteiger partial charge is 0.399 e. The van der Waals surface area contributed by atoms with Gasteiger partial charge in [-0.15, -0.1) is 0 Å². The molecule has 1 heterocycles. The summed E-state index contributed by atoms with van der Waals surface area (Å²) in [5.41, 5.74) is 7.06. The Labute approximate surface area is 110 Å². The van der Waals surface area contributed by atoms with Crippen LogP contribution in [0.3, 0.4) is 0 Å². The number of rotatable bonds is 2. The number of amides is 2. The van der Waals surface area contributed by atoms with Gasteiger partial charge in [-0.1, -0.05) is 0 Å². The number of aromatic nitrogens is 1. The first kappa shape index (κ1) is 12.8. The Morgan fingerprint density at radius 3 is 2.16 bits per heavy atom. The van der Waals surface area contributed by atoms with E-state index in [1.807, 2.05) is 0 Å². The van der Waals surface area contributed by atoms with Gasteiger partial charge in [0.05, 0.1) is 5.69 Å². The maximum absolute atomic E-state index is 12.3. The number of pyridine rings is 1. The van der Waals surface area contributed by atoms with Gasteiger partial charge in [0.15, 0.2) is 0 Å². The van der Waals surface area contributed by atoms with Crippen molar-refractivity contribution < 1.29 is 9.59 Å². The minimum Gasteiger partial charge on any atom is -0.399 e. The molecule has 0 aliphatic carbocycles. The summed E-state index contributed by atoms with van der Waals surface area (Å²) in [6.07, 6.45) is 3.02. The van der Waals surface area contributed by atoms with Gasteiger partial charge < -0.3 is 5.73 Å². The van der Waals surface area contributed by atoms with Crippen molar-refractivity contribution in [3.8, 4) is 0 Å². The molecule has 0 unspecified atom stereocenters. The molecule has 5 nitrogen and oxygen atoms in total. The van der Waals surface area contributed by atoms with E-state index in [0.29, 0.717) is 16.9 Å². The second-order valence-electron chi connectivity index (χ2n) is 3.99. The Kier molecular flexibility index (Phi) is 3.56. The lowest BCUT2D eigenvalue weighted by Gasteiger charge is -2.19. The van der Waals surface area contributed by atoms with Crippen LogP contribution < -0.4 is 10.6 Å². The molecule has 2 rings (SSSR count). The van der Waals surface area contributed by atoms with Crippen molar-refractivity contribution in [3.05, 3.63) is 54.4 Å². The first-order valence-corrected chi connectivity index (χ1v) is 5.70. The fourth-order valence-corrected chi connectivity index (χ4v) is 1.69. The summed E-state index contributed by atoms with van der Waals surface area (Å²) in [7, 11) is 0. The van der Waals surface area contributed by atoms with Gasteiger partial charge in [-0.05, 0) is 36.4 Å². The van der Waals surface area contributed by atoms with Crippen LogP contribution in [0, 0.1) is 0 Å². The van der Waals surface area contributed by atoms with Gasteiger partial charge in [0.2, 0.25) is 5.91 Å². The lowest BCUT2D eigenvalue weighted by molar-refractivity contribution is -0.115.